The van der Waals surface area contributed by atoms with Gasteiger partial charge in [-0.1, -0.05) is 19.4 Å². The molecule has 0 aromatic heterocycles. The van der Waals surface area contributed by atoms with Crippen LogP contribution in [-0.4, -0.2) is 22.0 Å². The van der Waals surface area contributed by atoms with Gasteiger partial charge in [-0.2, -0.15) is 0 Å². The van der Waals surface area contributed by atoms with Gasteiger partial charge in [0.05, 0.1) is 10.8 Å². The van der Waals surface area contributed by atoms with E-state index in [4.69, 9.17) is 5.11 Å². The van der Waals surface area contributed by atoms with Crippen molar-refractivity contribution in [2.24, 2.45) is 5.92 Å². The highest BCUT2D eigenvalue weighted by molar-refractivity contribution is 5.69. The lowest BCUT2D eigenvalue weighted by atomic mass is 10.0. The summed E-state index contributed by atoms with van der Waals surface area (Å²) in [6.45, 7) is 5.44. The average molecular weight is 294 g/mol. The lowest BCUT2D eigenvalue weighted by molar-refractivity contribution is -0.384. The molecule has 0 saturated carbocycles. The van der Waals surface area contributed by atoms with Gasteiger partial charge < -0.3 is 10.4 Å². The second-order valence-electron chi connectivity index (χ2n) is 5.49. The number of nitro benzene ring substituents is 1. The average Bonchev–Trinajstić information content (AvgIpc) is 2.40. The predicted octanol–water partition coefficient (Wildman–Crippen LogP) is 3.59. The monoisotopic (exact) mass is 294 g/mol. The van der Waals surface area contributed by atoms with Crippen LogP contribution in [0.15, 0.2) is 18.2 Å². The van der Waals surface area contributed by atoms with Crippen molar-refractivity contribution >= 4 is 17.3 Å². The molecule has 2 N–H and O–H groups in total. The van der Waals surface area contributed by atoms with Gasteiger partial charge in [0.25, 0.3) is 5.69 Å². The van der Waals surface area contributed by atoms with E-state index in [2.05, 4.69) is 5.32 Å². The van der Waals surface area contributed by atoms with Gasteiger partial charge in [0.1, 0.15) is 5.69 Å². The molecular formula is C15H22N2O4. The summed E-state index contributed by atoms with van der Waals surface area (Å²) in [7, 11) is 0. The Kier molecular flexibility index (Phi) is 6.14. The van der Waals surface area contributed by atoms with E-state index < -0.39 is 10.9 Å². The van der Waals surface area contributed by atoms with Crippen LogP contribution in [0.25, 0.3) is 0 Å². The number of rotatable bonds is 8. The van der Waals surface area contributed by atoms with Crippen molar-refractivity contribution in [1.29, 1.82) is 0 Å². The standard InChI is InChI=1S/C15H22N2O4/c1-10-7-8-13(14(9-10)17(20)21)16-12(3)6-4-5-11(2)15(18)19/h7-9,11-12,16H,4-6H2,1-3H3,(H,18,19). The second-order valence-corrected chi connectivity index (χ2v) is 5.49. The number of carboxylic acids is 1. The van der Waals surface area contributed by atoms with Crippen molar-refractivity contribution in [2.45, 2.75) is 46.1 Å². The number of nitrogens with zero attached hydrogens (tertiary/aromatic N) is 1. The van der Waals surface area contributed by atoms with Crippen molar-refractivity contribution < 1.29 is 14.8 Å². The molecule has 2 unspecified atom stereocenters. The fraction of sp³-hybridized carbons (Fsp3) is 0.533. The van der Waals surface area contributed by atoms with Crippen LogP contribution in [0.5, 0.6) is 0 Å². The fourth-order valence-electron chi connectivity index (χ4n) is 2.11. The molecule has 1 rings (SSSR count). The van der Waals surface area contributed by atoms with Gasteiger partial charge in [-0.05, 0) is 38.3 Å². The summed E-state index contributed by atoms with van der Waals surface area (Å²) in [6.07, 6.45) is 2.14. The van der Waals surface area contributed by atoms with Gasteiger partial charge in [-0.3, -0.25) is 14.9 Å². The highest BCUT2D eigenvalue weighted by Crippen LogP contribution is 2.26. The summed E-state index contributed by atoms with van der Waals surface area (Å²) in [6, 6.07) is 5.13. The normalized spacial score (nSPS) is 13.5. The van der Waals surface area contributed by atoms with Gasteiger partial charge in [0.2, 0.25) is 0 Å². The molecule has 0 saturated heterocycles. The van der Waals surface area contributed by atoms with E-state index in [-0.39, 0.29) is 17.6 Å². The highest BCUT2D eigenvalue weighted by Gasteiger charge is 2.16. The van der Waals surface area contributed by atoms with E-state index in [1.165, 1.54) is 0 Å². The number of nitro groups is 1. The van der Waals surface area contributed by atoms with E-state index in [1.807, 2.05) is 19.9 Å². The van der Waals surface area contributed by atoms with Gasteiger partial charge in [0, 0.05) is 12.1 Å². The van der Waals surface area contributed by atoms with Crippen LogP contribution < -0.4 is 5.32 Å². The molecule has 1 aromatic carbocycles. The first-order chi connectivity index (χ1) is 9.81. The van der Waals surface area contributed by atoms with Crippen molar-refractivity contribution in [3.8, 4) is 0 Å². The molecule has 0 fully saturated rings. The highest BCUT2D eigenvalue weighted by atomic mass is 16.6. The van der Waals surface area contributed by atoms with Crippen LogP contribution in [0.1, 0.15) is 38.7 Å². The number of aliphatic carboxylic acids is 1. The lowest BCUT2D eigenvalue weighted by Crippen LogP contribution is -2.17. The Labute approximate surface area is 124 Å². The minimum Gasteiger partial charge on any atom is -0.481 e. The number of hydrogen-bond acceptors (Lipinski definition) is 4. The molecule has 0 aliphatic rings. The largest absolute Gasteiger partial charge is 0.481 e. The molecule has 0 amide bonds. The van der Waals surface area contributed by atoms with Crippen LogP contribution >= 0.6 is 0 Å². The molecule has 116 valence electrons. The molecule has 0 bridgehead atoms. The molecule has 0 radical (unpaired) electrons. The Bertz CT molecular complexity index is 516. The third kappa shape index (κ3) is 5.41. The summed E-state index contributed by atoms with van der Waals surface area (Å²) in [5.41, 5.74) is 1.42. The van der Waals surface area contributed by atoms with Crippen LogP contribution in [0.4, 0.5) is 11.4 Å². The van der Waals surface area contributed by atoms with E-state index in [1.54, 1.807) is 19.1 Å². The Morgan fingerprint density at radius 3 is 2.62 bits per heavy atom. The second kappa shape index (κ2) is 7.61. The van der Waals surface area contributed by atoms with E-state index in [0.717, 1.165) is 18.4 Å². The van der Waals surface area contributed by atoms with Gasteiger partial charge in [0.15, 0.2) is 0 Å². The molecule has 2 atom stereocenters. The number of benzene rings is 1. The maximum absolute atomic E-state index is 11.0. The minimum atomic E-state index is -0.787. The number of aryl methyl sites for hydroxylation is 1. The third-order valence-corrected chi connectivity index (χ3v) is 3.45. The molecule has 1 aromatic rings. The zero-order chi connectivity index (χ0) is 16.0. The first kappa shape index (κ1) is 16.9. The van der Waals surface area contributed by atoms with Crippen molar-refractivity contribution in [3.63, 3.8) is 0 Å². The smallest absolute Gasteiger partial charge is 0.306 e. The molecular weight excluding hydrogens is 272 g/mol. The van der Waals surface area contributed by atoms with Crippen molar-refractivity contribution in [2.75, 3.05) is 5.32 Å². The SMILES string of the molecule is Cc1ccc(NC(C)CCCC(C)C(=O)O)c([N+](=O)[O-])c1. The molecule has 6 heteroatoms. The Morgan fingerprint density at radius 2 is 2.05 bits per heavy atom. The summed E-state index contributed by atoms with van der Waals surface area (Å²) in [5, 5.41) is 23.0. The number of hydrogen-bond donors (Lipinski definition) is 2. The zero-order valence-corrected chi connectivity index (χ0v) is 12.6. The van der Waals surface area contributed by atoms with Crippen LogP contribution in [0.3, 0.4) is 0 Å². The number of carboxylic acid groups (broad SMARTS) is 1. The van der Waals surface area contributed by atoms with E-state index in [9.17, 15) is 14.9 Å². The van der Waals surface area contributed by atoms with Crippen LogP contribution in [-0.2, 0) is 4.79 Å². The van der Waals surface area contributed by atoms with Gasteiger partial charge in [-0.25, -0.2) is 0 Å². The number of nitrogens with one attached hydrogen (secondary N) is 1. The molecule has 0 spiro atoms. The molecule has 0 heterocycles. The third-order valence-electron chi connectivity index (χ3n) is 3.45. The van der Waals surface area contributed by atoms with Crippen LogP contribution in [0.2, 0.25) is 0 Å². The molecule has 21 heavy (non-hydrogen) atoms. The quantitative estimate of drug-likeness (QED) is 0.564. The maximum atomic E-state index is 11.0. The van der Waals surface area contributed by atoms with Gasteiger partial charge >= 0.3 is 5.97 Å². The first-order valence-corrected chi connectivity index (χ1v) is 7.05. The van der Waals surface area contributed by atoms with Gasteiger partial charge in [-0.15, -0.1) is 0 Å². The molecule has 6 nitrogen and oxygen atoms in total. The molecule has 0 aliphatic carbocycles. The lowest BCUT2D eigenvalue weighted by Gasteiger charge is -2.16. The Hall–Kier alpha value is -2.11. The van der Waals surface area contributed by atoms with E-state index in [0.29, 0.717) is 12.1 Å². The van der Waals surface area contributed by atoms with Crippen molar-refractivity contribution in [1.82, 2.24) is 0 Å². The number of anilines is 1. The predicted molar refractivity (Wildman–Crippen MR) is 81.6 cm³/mol. The molecule has 0 aliphatic heterocycles. The van der Waals surface area contributed by atoms with Crippen LogP contribution in [0, 0.1) is 23.0 Å². The van der Waals surface area contributed by atoms with E-state index >= 15 is 0 Å². The Morgan fingerprint density at radius 1 is 1.38 bits per heavy atom. The Balaban J connectivity index is 2.57. The number of carbonyl (C=O) groups is 1. The minimum absolute atomic E-state index is 0.0485. The first-order valence-electron chi connectivity index (χ1n) is 7.05. The summed E-state index contributed by atoms with van der Waals surface area (Å²) in [5.74, 6) is -1.14. The summed E-state index contributed by atoms with van der Waals surface area (Å²) in [4.78, 5) is 21.4. The zero-order valence-electron chi connectivity index (χ0n) is 12.6. The maximum Gasteiger partial charge on any atom is 0.306 e. The van der Waals surface area contributed by atoms with Crippen molar-refractivity contribution in [3.05, 3.63) is 33.9 Å². The summed E-state index contributed by atoms with van der Waals surface area (Å²) < 4.78 is 0. The topological polar surface area (TPSA) is 92.5 Å². The summed E-state index contributed by atoms with van der Waals surface area (Å²) >= 11 is 0. The fourth-order valence-corrected chi connectivity index (χ4v) is 2.11.